The molecule has 1 N–H and O–H groups in total. The highest BCUT2D eigenvalue weighted by Gasteiger charge is 2.10. The lowest BCUT2D eigenvalue weighted by Crippen LogP contribution is -2.07. The second-order valence-corrected chi connectivity index (χ2v) is 5.42. The molecule has 0 fully saturated rings. The van der Waals surface area contributed by atoms with Gasteiger partial charge >= 0.3 is 0 Å². The third-order valence-corrected chi connectivity index (χ3v) is 3.58. The standard InChI is InChI=1S/C18H28O3/c1-3-5-7-8-9-16-13-15(17(20)14-19)10-11-18(16)21-12-6-4-2/h10-11,13,19H,3-9,12,14H2,1-2H3. The monoisotopic (exact) mass is 292 g/mol. The highest BCUT2D eigenvalue weighted by Crippen LogP contribution is 2.23. The number of aryl methyl sites for hydroxylation is 1. The minimum Gasteiger partial charge on any atom is -0.493 e. The lowest BCUT2D eigenvalue weighted by molar-refractivity contribution is 0.0903. The zero-order chi connectivity index (χ0) is 15.5. The summed E-state index contributed by atoms with van der Waals surface area (Å²) in [5, 5.41) is 8.99. The molecule has 0 amide bonds. The summed E-state index contributed by atoms with van der Waals surface area (Å²) in [7, 11) is 0. The maximum Gasteiger partial charge on any atom is 0.188 e. The molecule has 0 unspecified atom stereocenters. The molecule has 1 rings (SSSR count). The Bertz CT molecular complexity index is 426. The summed E-state index contributed by atoms with van der Waals surface area (Å²) in [6.45, 7) is 4.61. The zero-order valence-corrected chi connectivity index (χ0v) is 13.4. The number of ketones is 1. The van der Waals surface area contributed by atoms with Gasteiger partial charge in [-0.25, -0.2) is 0 Å². The minimum absolute atomic E-state index is 0.232. The van der Waals surface area contributed by atoms with E-state index in [1.807, 2.05) is 12.1 Å². The highest BCUT2D eigenvalue weighted by molar-refractivity contribution is 5.97. The van der Waals surface area contributed by atoms with Gasteiger partial charge in [-0.05, 0) is 43.0 Å². The molecular formula is C18H28O3. The molecule has 3 nitrogen and oxygen atoms in total. The molecule has 0 aromatic heterocycles. The zero-order valence-electron chi connectivity index (χ0n) is 13.4. The van der Waals surface area contributed by atoms with E-state index < -0.39 is 6.61 Å². The summed E-state index contributed by atoms with van der Waals surface area (Å²) in [5.74, 6) is 0.652. The number of rotatable bonds is 11. The molecule has 0 radical (unpaired) electrons. The first-order chi connectivity index (χ1) is 10.2. The maximum absolute atomic E-state index is 11.6. The molecule has 0 aliphatic carbocycles. The maximum atomic E-state index is 11.6. The Morgan fingerprint density at radius 1 is 1.10 bits per heavy atom. The summed E-state index contributed by atoms with van der Waals surface area (Å²) in [5.41, 5.74) is 1.66. The molecule has 3 heteroatoms. The van der Waals surface area contributed by atoms with Crippen molar-refractivity contribution in [3.05, 3.63) is 29.3 Å². The van der Waals surface area contributed by atoms with Crippen molar-refractivity contribution in [1.29, 1.82) is 0 Å². The van der Waals surface area contributed by atoms with Crippen molar-refractivity contribution in [3.63, 3.8) is 0 Å². The molecule has 0 bridgehead atoms. The Morgan fingerprint density at radius 3 is 2.52 bits per heavy atom. The van der Waals surface area contributed by atoms with Crippen molar-refractivity contribution >= 4 is 5.78 Å². The van der Waals surface area contributed by atoms with Gasteiger partial charge in [0.2, 0.25) is 0 Å². The van der Waals surface area contributed by atoms with Gasteiger partial charge in [0.25, 0.3) is 0 Å². The van der Waals surface area contributed by atoms with Crippen LogP contribution in [0.4, 0.5) is 0 Å². The number of Topliss-reactive ketones (excluding diaryl/α,β-unsaturated/α-hetero) is 1. The van der Waals surface area contributed by atoms with Crippen LogP contribution in [0.5, 0.6) is 5.75 Å². The average molecular weight is 292 g/mol. The minimum atomic E-state index is -0.439. The number of unbranched alkanes of at least 4 members (excludes halogenated alkanes) is 4. The molecule has 0 saturated carbocycles. The Kier molecular flexibility index (Phi) is 8.76. The molecule has 0 heterocycles. The second kappa shape index (κ2) is 10.4. The lowest BCUT2D eigenvalue weighted by atomic mass is 10.0. The highest BCUT2D eigenvalue weighted by atomic mass is 16.5. The van der Waals surface area contributed by atoms with Gasteiger partial charge in [-0.15, -0.1) is 0 Å². The van der Waals surface area contributed by atoms with Crippen LogP contribution in [0.3, 0.4) is 0 Å². The molecule has 1 aromatic rings. The van der Waals surface area contributed by atoms with Gasteiger partial charge in [0.1, 0.15) is 12.4 Å². The van der Waals surface area contributed by atoms with E-state index in [4.69, 9.17) is 9.84 Å². The molecular weight excluding hydrogens is 264 g/mol. The third kappa shape index (κ3) is 6.30. The van der Waals surface area contributed by atoms with Crippen LogP contribution in [-0.4, -0.2) is 24.1 Å². The number of carbonyl (C=O) groups excluding carboxylic acids is 1. The third-order valence-electron chi connectivity index (χ3n) is 3.58. The Balaban J connectivity index is 2.76. The van der Waals surface area contributed by atoms with E-state index in [0.717, 1.165) is 37.0 Å². The molecule has 0 aliphatic rings. The summed E-state index contributed by atoms with van der Waals surface area (Å²) >= 11 is 0. The molecule has 0 aliphatic heterocycles. The summed E-state index contributed by atoms with van der Waals surface area (Å²) < 4.78 is 5.83. The number of aliphatic hydroxyl groups is 1. The van der Waals surface area contributed by atoms with Crippen LogP contribution in [-0.2, 0) is 6.42 Å². The van der Waals surface area contributed by atoms with E-state index in [1.54, 1.807) is 6.07 Å². The summed E-state index contributed by atoms with van der Waals surface area (Å²) in [6, 6.07) is 5.49. The Labute approximate surface area is 128 Å². The van der Waals surface area contributed by atoms with E-state index in [2.05, 4.69) is 13.8 Å². The van der Waals surface area contributed by atoms with Crippen molar-refractivity contribution in [2.45, 2.75) is 58.8 Å². The number of aliphatic hydroxyl groups excluding tert-OH is 1. The van der Waals surface area contributed by atoms with E-state index in [-0.39, 0.29) is 5.78 Å². The molecule has 0 saturated heterocycles. The van der Waals surface area contributed by atoms with Gasteiger partial charge in [-0.2, -0.15) is 0 Å². The van der Waals surface area contributed by atoms with Gasteiger partial charge in [0, 0.05) is 5.56 Å². The van der Waals surface area contributed by atoms with Gasteiger partial charge < -0.3 is 9.84 Å². The first-order valence-corrected chi connectivity index (χ1v) is 8.12. The van der Waals surface area contributed by atoms with Gasteiger partial charge in [0.05, 0.1) is 6.61 Å². The largest absolute Gasteiger partial charge is 0.493 e. The number of carbonyl (C=O) groups is 1. The molecule has 1 aromatic carbocycles. The van der Waals surface area contributed by atoms with E-state index >= 15 is 0 Å². The smallest absolute Gasteiger partial charge is 0.188 e. The number of benzene rings is 1. The Hall–Kier alpha value is -1.35. The number of hydrogen-bond acceptors (Lipinski definition) is 3. The first kappa shape index (κ1) is 17.7. The fraction of sp³-hybridized carbons (Fsp3) is 0.611. The van der Waals surface area contributed by atoms with E-state index in [0.29, 0.717) is 12.2 Å². The van der Waals surface area contributed by atoms with E-state index in [9.17, 15) is 4.79 Å². The van der Waals surface area contributed by atoms with Gasteiger partial charge in [0.15, 0.2) is 5.78 Å². The SMILES string of the molecule is CCCCCCc1cc(C(=O)CO)ccc1OCCCC. The number of hydrogen-bond donors (Lipinski definition) is 1. The second-order valence-electron chi connectivity index (χ2n) is 5.42. The van der Waals surface area contributed by atoms with Crippen LogP contribution >= 0.6 is 0 Å². The van der Waals surface area contributed by atoms with E-state index in [1.165, 1.54) is 19.3 Å². The quantitative estimate of drug-likeness (QED) is 0.492. The molecule has 118 valence electrons. The van der Waals surface area contributed by atoms with Crippen molar-refractivity contribution in [3.8, 4) is 5.75 Å². The fourth-order valence-electron chi connectivity index (χ4n) is 2.25. The summed E-state index contributed by atoms with van der Waals surface area (Å²) in [6.07, 6.45) is 7.82. The topological polar surface area (TPSA) is 46.5 Å². The van der Waals surface area contributed by atoms with Crippen LogP contribution < -0.4 is 4.74 Å². The van der Waals surface area contributed by atoms with Crippen molar-refractivity contribution in [1.82, 2.24) is 0 Å². The van der Waals surface area contributed by atoms with Crippen LogP contribution in [0.2, 0.25) is 0 Å². The van der Waals surface area contributed by atoms with Crippen molar-refractivity contribution in [2.75, 3.05) is 13.2 Å². The first-order valence-electron chi connectivity index (χ1n) is 8.12. The fourth-order valence-corrected chi connectivity index (χ4v) is 2.25. The van der Waals surface area contributed by atoms with Crippen LogP contribution in [0.1, 0.15) is 68.3 Å². The van der Waals surface area contributed by atoms with Crippen LogP contribution in [0, 0.1) is 0 Å². The molecule has 21 heavy (non-hydrogen) atoms. The molecule has 0 spiro atoms. The van der Waals surface area contributed by atoms with Gasteiger partial charge in [-0.1, -0.05) is 39.5 Å². The predicted octanol–water partition coefficient (Wildman–Crippen LogP) is 4.16. The Morgan fingerprint density at radius 2 is 1.86 bits per heavy atom. The molecule has 0 atom stereocenters. The lowest BCUT2D eigenvalue weighted by Gasteiger charge is -2.13. The summed E-state index contributed by atoms with van der Waals surface area (Å²) in [4.78, 5) is 11.6. The van der Waals surface area contributed by atoms with Crippen LogP contribution in [0.15, 0.2) is 18.2 Å². The van der Waals surface area contributed by atoms with Crippen molar-refractivity contribution < 1.29 is 14.6 Å². The van der Waals surface area contributed by atoms with Crippen LogP contribution in [0.25, 0.3) is 0 Å². The van der Waals surface area contributed by atoms with Gasteiger partial charge in [-0.3, -0.25) is 4.79 Å². The number of ether oxygens (including phenoxy) is 1. The predicted molar refractivity (Wildman–Crippen MR) is 86.1 cm³/mol. The van der Waals surface area contributed by atoms with Crippen molar-refractivity contribution in [2.24, 2.45) is 0 Å². The average Bonchev–Trinajstić information content (AvgIpc) is 2.52. The normalized spacial score (nSPS) is 10.6.